The Morgan fingerprint density at radius 1 is 1.11 bits per heavy atom. The Labute approximate surface area is 117 Å². The number of nitrogens with one attached hydrogen (secondary N) is 1. The van der Waals surface area contributed by atoms with Crippen LogP contribution in [0.1, 0.15) is 16.8 Å². The molecule has 0 bridgehead atoms. The number of aryl methyl sites for hydroxylation is 1. The number of pyridine rings is 1. The van der Waals surface area contributed by atoms with Crippen molar-refractivity contribution in [3.8, 4) is 0 Å². The summed E-state index contributed by atoms with van der Waals surface area (Å²) in [5.41, 5.74) is 3.67. The lowest BCUT2D eigenvalue weighted by Crippen LogP contribution is -2.12. The second kappa shape index (κ2) is 5.51. The largest absolute Gasteiger partial charge is 0.309 e. The van der Waals surface area contributed by atoms with Gasteiger partial charge in [-0.1, -0.05) is 24.3 Å². The number of aromatic nitrogens is 1. The van der Waals surface area contributed by atoms with E-state index in [1.165, 1.54) is 21.2 Å². The molecule has 0 aliphatic heterocycles. The molecule has 1 N–H and O–H groups in total. The average molecular weight is 268 g/mol. The van der Waals surface area contributed by atoms with Gasteiger partial charge in [0.25, 0.3) is 0 Å². The van der Waals surface area contributed by atoms with Crippen molar-refractivity contribution in [2.45, 2.75) is 20.0 Å². The maximum Gasteiger partial charge on any atom is 0.0372 e. The van der Waals surface area contributed by atoms with E-state index >= 15 is 0 Å². The quantitative estimate of drug-likeness (QED) is 0.776. The van der Waals surface area contributed by atoms with E-state index in [2.05, 4.69) is 52.1 Å². The fourth-order valence-corrected chi connectivity index (χ4v) is 3.08. The molecule has 19 heavy (non-hydrogen) atoms. The summed E-state index contributed by atoms with van der Waals surface area (Å²) < 4.78 is 1.36. The molecule has 0 aliphatic carbocycles. The minimum Gasteiger partial charge on any atom is -0.309 e. The lowest BCUT2D eigenvalue weighted by Gasteiger charge is -2.04. The zero-order valence-corrected chi connectivity index (χ0v) is 11.7. The van der Waals surface area contributed by atoms with Crippen LogP contribution < -0.4 is 5.32 Å². The van der Waals surface area contributed by atoms with Crippen molar-refractivity contribution in [2.75, 3.05) is 0 Å². The standard InChI is InChI=1S/C16H16N2S/c1-12-6-7-13(9-18-12)8-17-10-14-11-19-16-5-3-2-4-15(14)16/h2-7,9,11,17H,8,10H2,1H3. The highest BCUT2D eigenvalue weighted by atomic mass is 32.1. The van der Waals surface area contributed by atoms with E-state index in [9.17, 15) is 0 Å². The van der Waals surface area contributed by atoms with E-state index in [4.69, 9.17) is 0 Å². The van der Waals surface area contributed by atoms with Gasteiger partial charge in [0.15, 0.2) is 0 Å². The molecule has 3 heteroatoms. The maximum atomic E-state index is 4.31. The first-order valence-electron chi connectivity index (χ1n) is 6.40. The smallest absolute Gasteiger partial charge is 0.0372 e. The second-order valence-corrected chi connectivity index (χ2v) is 5.58. The van der Waals surface area contributed by atoms with Crippen molar-refractivity contribution < 1.29 is 0 Å². The van der Waals surface area contributed by atoms with Gasteiger partial charge in [-0.25, -0.2) is 0 Å². The van der Waals surface area contributed by atoms with Crippen molar-refractivity contribution in [1.29, 1.82) is 0 Å². The van der Waals surface area contributed by atoms with Gasteiger partial charge in [-0.05, 0) is 40.9 Å². The molecule has 0 unspecified atom stereocenters. The topological polar surface area (TPSA) is 24.9 Å². The Kier molecular flexibility index (Phi) is 3.58. The molecule has 2 aromatic heterocycles. The number of fused-ring (bicyclic) bond motifs is 1. The Hall–Kier alpha value is -1.71. The Bertz CT molecular complexity index is 671. The molecule has 0 atom stereocenters. The van der Waals surface area contributed by atoms with Crippen molar-refractivity contribution >= 4 is 21.4 Å². The summed E-state index contributed by atoms with van der Waals surface area (Å²) in [4.78, 5) is 4.31. The number of hydrogen-bond acceptors (Lipinski definition) is 3. The molecule has 0 saturated heterocycles. The summed E-state index contributed by atoms with van der Waals surface area (Å²) in [5, 5.41) is 7.09. The van der Waals surface area contributed by atoms with Gasteiger partial charge in [-0.15, -0.1) is 11.3 Å². The van der Waals surface area contributed by atoms with Gasteiger partial charge in [0.1, 0.15) is 0 Å². The van der Waals surface area contributed by atoms with Crippen LogP contribution in [0.4, 0.5) is 0 Å². The number of thiophene rings is 1. The van der Waals surface area contributed by atoms with Crippen LogP contribution in [-0.4, -0.2) is 4.98 Å². The molecule has 3 rings (SSSR count). The molecule has 0 amide bonds. The van der Waals surface area contributed by atoms with Crippen molar-refractivity contribution in [2.24, 2.45) is 0 Å². The van der Waals surface area contributed by atoms with Crippen LogP contribution in [0.2, 0.25) is 0 Å². The van der Waals surface area contributed by atoms with Gasteiger partial charge in [-0.3, -0.25) is 4.98 Å². The molecule has 96 valence electrons. The lowest BCUT2D eigenvalue weighted by atomic mass is 10.2. The third-order valence-electron chi connectivity index (χ3n) is 3.18. The SMILES string of the molecule is Cc1ccc(CNCc2csc3ccccc23)cn1. The van der Waals surface area contributed by atoms with Crippen LogP contribution in [-0.2, 0) is 13.1 Å². The molecule has 0 aliphatic rings. The second-order valence-electron chi connectivity index (χ2n) is 4.67. The van der Waals surface area contributed by atoms with Crippen LogP contribution in [0, 0.1) is 6.92 Å². The van der Waals surface area contributed by atoms with Gasteiger partial charge >= 0.3 is 0 Å². The first-order chi connectivity index (χ1) is 9.33. The number of benzene rings is 1. The summed E-state index contributed by atoms with van der Waals surface area (Å²) in [6.45, 7) is 3.77. The normalized spacial score (nSPS) is 11.0. The molecule has 2 heterocycles. The average Bonchev–Trinajstić information content (AvgIpc) is 2.85. The van der Waals surface area contributed by atoms with E-state index in [0.29, 0.717) is 0 Å². The minimum absolute atomic E-state index is 0.859. The molecule has 3 aromatic rings. The predicted octanol–water partition coefficient (Wildman–Crippen LogP) is 3.89. The van der Waals surface area contributed by atoms with Crippen molar-refractivity contribution in [3.63, 3.8) is 0 Å². The van der Waals surface area contributed by atoms with E-state index in [0.717, 1.165) is 18.8 Å². The van der Waals surface area contributed by atoms with Crippen LogP contribution in [0.25, 0.3) is 10.1 Å². The minimum atomic E-state index is 0.859. The van der Waals surface area contributed by atoms with Crippen LogP contribution in [0.5, 0.6) is 0 Å². The van der Waals surface area contributed by atoms with Gasteiger partial charge in [-0.2, -0.15) is 0 Å². The fraction of sp³-hybridized carbons (Fsp3) is 0.188. The number of hydrogen-bond donors (Lipinski definition) is 1. The van der Waals surface area contributed by atoms with Gasteiger partial charge in [0.05, 0.1) is 0 Å². The van der Waals surface area contributed by atoms with E-state index in [1.54, 1.807) is 0 Å². The summed E-state index contributed by atoms with van der Waals surface area (Å²) >= 11 is 1.81. The molecule has 0 radical (unpaired) electrons. The Morgan fingerprint density at radius 3 is 2.84 bits per heavy atom. The third-order valence-corrected chi connectivity index (χ3v) is 4.19. The summed E-state index contributed by atoms with van der Waals surface area (Å²) in [6.07, 6.45) is 1.94. The number of rotatable bonds is 4. The molecular weight excluding hydrogens is 252 g/mol. The lowest BCUT2D eigenvalue weighted by molar-refractivity contribution is 0.695. The van der Waals surface area contributed by atoms with Crippen LogP contribution in [0.3, 0.4) is 0 Å². The predicted molar refractivity (Wildman–Crippen MR) is 81.3 cm³/mol. The fourth-order valence-electron chi connectivity index (χ4n) is 2.11. The van der Waals surface area contributed by atoms with E-state index in [-0.39, 0.29) is 0 Å². The first kappa shape index (κ1) is 12.3. The zero-order chi connectivity index (χ0) is 13.1. The molecule has 0 fully saturated rings. The molecule has 2 nitrogen and oxygen atoms in total. The Morgan fingerprint density at radius 2 is 2.00 bits per heavy atom. The maximum absolute atomic E-state index is 4.31. The molecule has 0 spiro atoms. The molecule has 0 saturated carbocycles. The van der Waals surface area contributed by atoms with Crippen molar-refractivity contribution in [3.05, 3.63) is 64.8 Å². The highest BCUT2D eigenvalue weighted by Crippen LogP contribution is 2.25. The molecular formula is C16H16N2S. The van der Waals surface area contributed by atoms with Gasteiger partial charge in [0.2, 0.25) is 0 Å². The van der Waals surface area contributed by atoms with Crippen molar-refractivity contribution in [1.82, 2.24) is 10.3 Å². The number of nitrogens with zero attached hydrogens (tertiary/aromatic N) is 1. The monoisotopic (exact) mass is 268 g/mol. The summed E-state index contributed by atoms with van der Waals surface area (Å²) in [5.74, 6) is 0. The van der Waals surface area contributed by atoms with E-state index < -0.39 is 0 Å². The first-order valence-corrected chi connectivity index (χ1v) is 7.28. The summed E-state index contributed by atoms with van der Waals surface area (Å²) in [6, 6.07) is 12.7. The van der Waals surface area contributed by atoms with Crippen LogP contribution >= 0.6 is 11.3 Å². The highest BCUT2D eigenvalue weighted by Gasteiger charge is 2.02. The van der Waals surface area contributed by atoms with Gasteiger partial charge in [0, 0.05) is 29.7 Å². The highest BCUT2D eigenvalue weighted by molar-refractivity contribution is 7.17. The molecule has 1 aromatic carbocycles. The zero-order valence-electron chi connectivity index (χ0n) is 10.9. The van der Waals surface area contributed by atoms with Crippen LogP contribution in [0.15, 0.2) is 48.0 Å². The van der Waals surface area contributed by atoms with Gasteiger partial charge < -0.3 is 5.32 Å². The third kappa shape index (κ3) is 2.83. The van der Waals surface area contributed by atoms with E-state index in [1.807, 2.05) is 24.5 Å². The Balaban J connectivity index is 1.65. The summed E-state index contributed by atoms with van der Waals surface area (Å²) in [7, 11) is 0.